The van der Waals surface area contributed by atoms with E-state index in [2.05, 4.69) is 223 Å². The summed E-state index contributed by atoms with van der Waals surface area (Å²) in [5, 5.41) is 24.5. The highest BCUT2D eigenvalue weighted by Gasteiger charge is 2.40. The lowest BCUT2D eigenvalue weighted by molar-refractivity contribution is 0.0893. The van der Waals surface area contributed by atoms with Crippen LogP contribution in [0.4, 0.5) is 22.7 Å². The third-order valence-corrected chi connectivity index (χ3v) is 19.1. The second-order valence-electron chi connectivity index (χ2n) is 25.8. The van der Waals surface area contributed by atoms with Crippen LogP contribution in [-0.2, 0) is 13.1 Å². The summed E-state index contributed by atoms with van der Waals surface area (Å²) >= 11 is 0. The van der Waals surface area contributed by atoms with Crippen LogP contribution in [0, 0.1) is 25.7 Å². The molecule has 14 aromatic carbocycles. The topological polar surface area (TPSA) is 50.5 Å². The number of anilines is 4. The zero-order valence-corrected chi connectivity index (χ0v) is 48.2. The van der Waals surface area contributed by atoms with Gasteiger partial charge in [0.05, 0.1) is 39.0 Å². The molecule has 0 saturated heterocycles. The molecule has 0 aliphatic carbocycles. The van der Waals surface area contributed by atoms with Crippen molar-refractivity contribution in [2.75, 3.05) is 9.80 Å². The molecule has 2 aromatic heterocycles. The number of rotatable bonds is 10. The molecule has 0 N–H and O–H groups in total. The van der Waals surface area contributed by atoms with Gasteiger partial charge >= 0.3 is 0 Å². The van der Waals surface area contributed by atoms with Gasteiger partial charge in [-0.05, 0) is 157 Å². The average Bonchev–Trinajstić information content (AvgIpc) is 2.06. The molecule has 82 heavy (non-hydrogen) atoms. The molecule has 16 aromatic rings. The highest BCUT2D eigenvalue weighted by molar-refractivity contribution is 6.52. The SMILES string of the molecule is Cc1ccc(N(c2ccc(C)cc2)c2cc3c4c5c2cccc5c2ccc5c6ccc7c8ccc9c%10c(cc%11c(c%108)c8c7c6c(cc8n%11CC(C)C)c6cc(c4c2c56)n3CC(C)C)C(=O)N(c2c(C(C)C)cccc2C(C)C)C9=O)cc1. The normalized spacial score (nSPS) is 13.8. The predicted octanol–water partition coefficient (Wildman–Crippen LogP) is 20.8. The Morgan fingerprint density at radius 1 is 0.366 bits per heavy atom. The summed E-state index contributed by atoms with van der Waals surface area (Å²) in [7, 11) is 0. The summed E-state index contributed by atoms with van der Waals surface area (Å²) in [5.41, 5.74) is 14.6. The number of fused-ring (bicyclic) bond motifs is 4. The lowest BCUT2D eigenvalue weighted by atomic mass is 9.80. The highest BCUT2D eigenvalue weighted by atomic mass is 16.2. The van der Waals surface area contributed by atoms with Gasteiger partial charge in [-0.2, -0.15) is 0 Å². The van der Waals surface area contributed by atoms with Crippen LogP contribution in [0.5, 0.6) is 0 Å². The number of carbonyl (C=O) groups is 2. The van der Waals surface area contributed by atoms with Crippen molar-refractivity contribution in [2.45, 2.75) is 94.2 Å². The van der Waals surface area contributed by atoms with Crippen LogP contribution in [0.2, 0.25) is 0 Å². The van der Waals surface area contributed by atoms with E-state index in [0.717, 1.165) is 73.7 Å². The molecule has 17 rings (SSSR count). The molecular formula is C76H62N4O2. The third-order valence-electron chi connectivity index (χ3n) is 19.1. The van der Waals surface area contributed by atoms with E-state index >= 15 is 9.59 Å². The van der Waals surface area contributed by atoms with Crippen molar-refractivity contribution in [1.82, 2.24) is 9.13 Å². The Bertz CT molecular complexity index is 5330. The molecule has 6 nitrogen and oxygen atoms in total. The largest absolute Gasteiger partial charge is 0.340 e. The van der Waals surface area contributed by atoms with Gasteiger partial charge in [0, 0.05) is 83.9 Å². The zero-order chi connectivity index (χ0) is 55.8. The van der Waals surface area contributed by atoms with Crippen LogP contribution < -0.4 is 9.80 Å². The van der Waals surface area contributed by atoms with E-state index in [9.17, 15) is 0 Å². The smallest absolute Gasteiger partial charge is 0.266 e. The summed E-state index contributed by atoms with van der Waals surface area (Å²) in [4.78, 5) is 35.1. The van der Waals surface area contributed by atoms with E-state index in [1.807, 2.05) is 6.07 Å². The molecule has 2 amide bonds. The number of hydrogen-bond donors (Lipinski definition) is 0. The number of aromatic nitrogens is 2. The molecule has 0 radical (unpaired) electrons. The number of hydrogen-bond acceptors (Lipinski definition) is 3. The average molecular weight is 1060 g/mol. The van der Waals surface area contributed by atoms with Gasteiger partial charge in [0.1, 0.15) is 0 Å². The Balaban J connectivity index is 1.01. The van der Waals surface area contributed by atoms with E-state index in [1.54, 1.807) is 0 Å². The van der Waals surface area contributed by atoms with Crippen molar-refractivity contribution >= 4 is 164 Å². The lowest BCUT2D eigenvalue weighted by Gasteiger charge is -2.32. The molecular weight excluding hydrogens is 1000 g/mol. The van der Waals surface area contributed by atoms with Crippen LogP contribution in [0.15, 0.2) is 146 Å². The van der Waals surface area contributed by atoms with Crippen molar-refractivity contribution in [3.63, 3.8) is 0 Å². The first-order chi connectivity index (χ1) is 39.7. The van der Waals surface area contributed by atoms with Gasteiger partial charge in [0.2, 0.25) is 0 Å². The van der Waals surface area contributed by atoms with Crippen molar-refractivity contribution in [3.05, 3.63) is 179 Å². The Labute approximate surface area is 475 Å². The quantitative estimate of drug-likeness (QED) is 0.0779. The number of para-hydroxylation sites is 1. The molecule has 0 fully saturated rings. The van der Waals surface area contributed by atoms with Gasteiger partial charge in [0.25, 0.3) is 11.8 Å². The fraction of sp³-hybridized carbons (Fsp3) is 0.211. The maximum absolute atomic E-state index is 15.7. The summed E-state index contributed by atoms with van der Waals surface area (Å²) in [6.07, 6.45) is 0. The summed E-state index contributed by atoms with van der Waals surface area (Å²) in [6.45, 7) is 23.8. The van der Waals surface area contributed by atoms with Crippen LogP contribution in [-0.4, -0.2) is 20.9 Å². The molecule has 3 heterocycles. The third kappa shape index (κ3) is 5.94. The fourth-order valence-electron chi connectivity index (χ4n) is 15.8. The number of amides is 2. The molecule has 398 valence electrons. The van der Waals surface area contributed by atoms with Gasteiger partial charge in [-0.15, -0.1) is 0 Å². The van der Waals surface area contributed by atoms with Gasteiger partial charge in [-0.25, -0.2) is 4.90 Å². The number of nitrogens with zero attached hydrogens (tertiary/aromatic N) is 4. The summed E-state index contributed by atoms with van der Waals surface area (Å²) < 4.78 is 5.19. The Morgan fingerprint density at radius 3 is 1.26 bits per heavy atom. The molecule has 0 atom stereocenters. The first-order valence-electron chi connectivity index (χ1n) is 29.7. The monoisotopic (exact) mass is 1060 g/mol. The summed E-state index contributed by atoms with van der Waals surface area (Å²) in [6, 6.07) is 54.8. The minimum atomic E-state index is -0.250. The zero-order valence-electron chi connectivity index (χ0n) is 48.2. The standard InChI is InChI=1S/C76H62N4O2/c1-37(2)35-77-60-32-56-55-31-59-71-67-50(47-15-12-16-53-58(34-62(70(71)63(47)53)78(59)36-38(3)4)79(43-21-17-41(9)18-22-43)44-23-19-42(10)20-24-44)27-25-48(64(55)67)49-26-28-51-52-29-30-54-66-57(33-61(77)73(69(52)66)72(60)68(51)65(49)56)76(82)80(75(54)81)74-45(39(5)6)13-11-14-46(74)40(7)8/h11-34,37-40H,35-36H2,1-10H3. The van der Waals surface area contributed by atoms with Crippen LogP contribution >= 0.6 is 0 Å². The van der Waals surface area contributed by atoms with Crippen LogP contribution in [0.25, 0.3) is 130 Å². The second kappa shape index (κ2) is 16.3. The minimum Gasteiger partial charge on any atom is -0.340 e. The first-order valence-corrected chi connectivity index (χ1v) is 29.7. The number of aryl methyl sites for hydroxylation is 2. The van der Waals surface area contributed by atoms with E-state index in [1.165, 1.54) is 119 Å². The van der Waals surface area contributed by atoms with Gasteiger partial charge in [0.15, 0.2) is 0 Å². The molecule has 0 spiro atoms. The number of imide groups is 1. The maximum Gasteiger partial charge on any atom is 0.266 e. The Morgan fingerprint density at radius 2 is 0.756 bits per heavy atom. The van der Waals surface area contributed by atoms with E-state index < -0.39 is 0 Å². The predicted molar refractivity (Wildman–Crippen MR) is 348 cm³/mol. The van der Waals surface area contributed by atoms with Crippen molar-refractivity contribution in [1.29, 1.82) is 0 Å². The second-order valence-corrected chi connectivity index (χ2v) is 25.8. The van der Waals surface area contributed by atoms with Crippen molar-refractivity contribution in [3.8, 4) is 0 Å². The van der Waals surface area contributed by atoms with Gasteiger partial charge < -0.3 is 14.0 Å². The molecule has 0 saturated carbocycles. The number of carbonyl (C=O) groups excluding carboxylic acids is 2. The van der Waals surface area contributed by atoms with Gasteiger partial charge in [-0.3, -0.25) is 9.59 Å². The van der Waals surface area contributed by atoms with Crippen molar-refractivity contribution < 1.29 is 9.59 Å². The first kappa shape index (κ1) is 47.8. The van der Waals surface area contributed by atoms with E-state index in [0.29, 0.717) is 23.0 Å². The maximum atomic E-state index is 15.7. The Hall–Kier alpha value is -9.00. The summed E-state index contributed by atoms with van der Waals surface area (Å²) in [5.74, 6) is 0.392. The van der Waals surface area contributed by atoms with Gasteiger partial charge in [-0.1, -0.05) is 158 Å². The minimum absolute atomic E-state index is 0.103. The van der Waals surface area contributed by atoms with E-state index in [4.69, 9.17) is 0 Å². The Kier molecular flexibility index (Phi) is 9.53. The molecule has 6 heteroatoms. The molecule has 1 aliphatic heterocycles. The van der Waals surface area contributed by atoms with Crippen molar-refractivity contribution in [2.24, 2.45) is 11.8 Å². The van der Waals surface area contributed by atoms with E-state index in [-0.39, 0.29) is 23.7 Å². The van der Waals surface area contributed by atoms with Crippen LogP contribution in [0.3, 0.4) is 0 Å². The number of benzene rings is 14. The molecule has 0 unspecified atom stereocenters. The highest BCUT2D eigenvalue weighted by Crippen LogP contribution is 2.57. The molecule has 1 aliphatic rings. The fourth-order valence-corrected chi connectivity index (χ4v) is 15.8. The lowest BCUT2D eigenvalue weighted by Crippen LogP contribution is -2.41. The van der Waals surface area contributed by atoms with Crippen LogP contribution in [0.1, 0.15) is 110 Å². The molecule has 0 bridgehead atoms.